The molecule has 2 aromatic carbocycles. The van der Waals surface area contributed by atoms with Gasteiger partial charge in [-0.05, 0) is 36.6 Å². The Morgan fingerprint density at radius 3 is 2.71 bits per heavy atom. The van der Waals surface area contributed by atoms with E-state index >= 15 is 0 Å². The molecule has 0 aromatic heterocycles. The zero-order valence-electron chi connectivity index (χ0n) is 9.86. The van der Waals surface area contributed by atoms with E-state index in [2.05, 4.69) is 6.07 Å². The van der Waals surface area contributed by atoms with Crippen LogP contribution in [0, 0.1) is 11.3 Å². The zero-order valence-corrected chi connectivity index (χ0v) is 9.86. The van der Waals surface area contributed by atoms with E-state index in [9.17, 15) is 0 Å². The van der Waals surface area contributed by atoms with Crippen molar-refractivity contribution in [2.24, 2.45) is 0 Å². The van der Waals surface area contributed by atoms with E-state index < -0.39 is 0 Å². The summed E-state index contributed by atoms with van der Waals surface area (Å²) in [5.74, 6) is 1.45. The van der Waals surface area contributed by atoms with Gasteiger partial charge in [-0.25, -0.2) is 0 Å². The minimum atomic E-state index is 0.579. The number of methoxy groups -OCH3 is 1. The minimum absolute atomic E-state index is 0.579. The number of rotatable bonds is 3. The van der Waals surface area contributed by atoms with Gasteiger partial charge in [-0.15, -0.1) is 0 Å². The largest absolute Gasteiger partial charge is 0.493 e. The Kier molecular flexibility index (Phi) is 3.15. The number of hydrogen-bond donors (Lipinski definition) is 0. The second kappa shape index (κ2) is 4.75. The molecule has 86 valence electrons. The first-order valence-corrected chi connectivity index (χ1v) is 5.43. The van der Waals surface area contributed by atoms with Crippen LogP contribution in [0.3, 0.4) is 0 Å². The van der Waals surface area contributed by atoms with Gasteiger partial charge in [0.25, 0.3) is 0 Å². The van der Waals surface area contributed by atoms with Gasteiger partial charge in [0.1, 0.15) is 0 Å². The van der Waals surface area contributed by atoms with Crippen molar-refractivity contribution in [2.45, 2.75) is 6.92 Å². The predicted molar refractivity (Wildman–Crippen MR) is 66.4 cm³/mol. The van der Waals surface area contributed by atoms with Crippen molar-refractivity contribution in [1.82, 2.24) is 0 Å². The molecule has 0 aliphatic carbocycles. The summed E-state index contributed by atoms with van der Waals surface area (Å²) in [6.45, 7) is 2.51. The van der Waals surface area contributed by atoms with Crippen molar-refractivity contribution < 1.29 is 9.47 Å². The fraction of sp³-hybridized carbons (Fsp3) is 0.214. The van der Waals surface area contributed by atoms with Gasteiger partial charge in [-0.2, -0.15) is 5.26 Å². The van der Waals surface area contributed by atoms with Gasteiger partial charge in [0.2, 0.25) is 0 Å². The zero-order chi connectivity index (χ0) is 12.3. The maximum Gasteiger partial charge on any atom is 0.168 e. The lowest BCUT2D eigenvalue weighted by atomic mass is 10.1. The third-order valence-electron chi connectivity index (χ3n) is 2.57. The van der Waals surface area contributed by atoms with Crippen molar-refractivity contribution in [1.29, 1.82) is 5.26 Å². The second-order valence-corrected chi connectivity index (χ2v) is 3.58. The summed E-state index contributed by atoms with van der Waals surface area (Å²) in [7, 11) is 1.62. The Morgan fingerprint density at radius 1 is 1.24 bits per heavy atom. The van der Waals surface area contributed by atoms with E-state index in [-0.39, 0.29) is 0 Å². The summed E-state index contributed by atoms with van der Waals surface area (Å²) < 4.78 is 10.9. The SMILES string of the molecule is CCOc1c(OC)ccc2cc(C#N)ccc12. The molecule has 0 unspecified atom stereocenters. The maximum atomic E-state index is 8.86. The van der Waals surface area contributed by atoms with Gasteiger partial charge >= 0.3 is 0 Å². The Balaban J connectivity index is 2.68. The van der Waals surface area contributed by atoms with Gasteiger partial charge in [0.15, 0.2) is 11.5 Å². The number of nitriles is 1. The van der Waals surface area contributed by atoms with Gasteiger partial charge in [0.05, 0.1) is 25.3 Å². The van der Waals surface area contributed by atoms with E-state index in [4.69, 9.17) is 14.7 Å². The monoisotopic (exact) mass is 227 g/mol. The third-order valence-corrected chi connectivity index (χ3v) is 2.57. The average Bonchev–Trinajstić information content (AvgIpc) is 2.38. The molecule has 0 fully saturated rings. The van der Waals surface area contributed by atoms with E-state index in [1.807, 2.05) is 31.2 Å². The maximum absolute atomic E-state index is 8.86. The molecular weight excluding hydrogens is 214 g/mol. The van der Waals surface area contributed by atoms with E-state index in [1.165, 1.54) is 0 Å². The van der Waals surface area contributed by atoms with Crippen LogP contribution < -0.4 is 9.47 Å². The second-order valence-electron chi connectivity index (χ2n) is 3.58. The van der Waals surface area contributed by atoms with E-state index in [0.29, 0.717) is 17.9 Å². The van der Waals surface area contributed by atoms with Gasteiger partial charge in [-0.3, -0.25) is 0 Å². The molecule has 0 atom stereocenters. The molecule has 2 rings (SSSR count). The lowest BCUT2D eigenvalue weighted by Gasteiger charge is -2.12. The lowest BCUT2D eigenvalue weighted by Crippen LogP contribution is -1.96. The summed E-state index contributed by atoms with van der Waals surface area (Å²) in [5, 5.41) is 10.8. The third kappa shape index (κ3) is 2.02. The normalized spacial score (nSPS) is 9.94. The van der Waals surface area contributed by atoms with Crippen molar-refractivity contribution >= 4 is 10.8 Å². The quantitative estimate of drug-likeness (QED) is 0.809. The fourth-order valence-electron chi connectivity index (χ4n) is 1.80. The molecule has 0 saturated heterocycles. The van der Waals surface area contributed by atoms with Crippen LogP contribution in [0.15, 0.2) is 30.3 Å². The molecule has 0 saturated carbocycles. The fourth-order valence-corrected chi connectivity index (χ4v) is 1.80. The molecule has 0 spiro atoms. The molecule has 0 N–H and O–H groups in total. The van der Waals surface area contributed by atoms with Crippen LogP contribution in [0.1, 0.15) is 12.5 Å². The number of fused-ring (bicyclic) bond motifs is 1. The van der Waals surface area contributed by atoms with Crippen molar-refractivity contribution in [3.05, 3.63) is 35.9 Å². The Bertz CT molecular complexity index is 585. The van der Waals surface area contributed by atoms with Crippen LogP contribution in [-0.4, -0.2) is 13.7 Å². The summed E-state index contributed by atoms with van der Waals surface area (Å²) >= 11 is 0. The first-order valence-electron chi connectivity index (χ1n) is 5.43. The Morgan fingerprint density at radius 2 is 2.06 bits per heavy atom. The predicted octanol–water partition coefficient (Wildman–Crippen LogP) is 3.12. The van der Waals surface area contributed by atoms with Crippen LogP contribution in [0.2, 0.25) is 0 Å². The number of nitrogens with zero attached hydrogens (tertiary/aromatic N) is 1. The van der Waals surface area contributed by atoms with Crippen LogP contribution in [0.25, 0.3) is 10.8 Å². The molecule has 2 aromatic rings. The molecule has 17 heavy (non-hydrogen) atoms. The van der Waals surface area contributed by atoms with Crippen LogP contribution in [0.5, 0.6) is 11.5 Å². The van der Waals surface area contributed by atoms with E-state index in [0.717, 1.165) is 16.5 Å². The first-order chi connectivity index (χ1) is 8.30. The van der Waals surface area contributed by atoms with Crippen LogP contribution in [0.4, 0.5) is 0 Å². The molecule has 3 heteroatoms. The summed E-state index contributed by atoms with van der Waals surface area (Å²) in [6, 6.07) is 11.4. The van der Waals surface area contributed by atoms with Crippen LogP contribution >= 0.6 is 0 Å². The highest BCUT2D eigenvalue weighted by atomic mass is 16.5. The Hall–Kier alpha value is -2.21. The molecule has 0 aliphatic rings. The molecule has 3 nitrogen and oxygen atoms in total. The van der Waals surface area contributed by atoms with Gasteiger partial charge in [0, 0.05) is 5.39 Å². The summed E-state index contributed by atoms with van der Waals surface area (Å²) in [5.41, 5.74) is 0.644. The first kappa shape index (κ1) is 11.3. The molecule has 0 bridgehead atoms. The highest BCUT2D eigenvalue weighted by Gasteiger charge is 2.09. The van der Waals surface area contributed by atoms with Gasteiger partial charge < -0.3 is 9.47 Å². The van der Waals surface area contributed by atoms with Crippen molar-refractivity contribution in [3.63, 3.8) is 0 Å². The smallest absolute Gasteiger partial charge is 0.168 e. The summed E-state index contributed by atoms with van der Waals surface area (Å²) in [4.78, 5) is 0. The van der Waals surface area contributed by atoms with Crippen LogP contribution in [-0.2, 0) is 0 Å². The summed E-state index contributed by atoms with van der Waals surface area (Å²) in [6.07, 6.45) is 0. The topological polar surface area (TPSA) is 42.2 Å². The number of benzene rings is 2. The molecular formula is C14H13NO2. The molecule has 0 heterocycles. The molecule has 0 amide bonds. The minimum Gasteiger partial charge on any atom is -0.493 e. The number of hydrogen-bond acceptors (Lipinski definition) is 3. The van der Waals surface area contributed by atoms with Crippen molar-refractivity contribution in [2.75, 3.05) is 13.7 Å². The highest BCUT2D eigenvalue weighted by Crippen LogP contribution is 2.35. The lowest BCUT2D eigenvalue weighted by molar-refractivity contribution is 0.315. The standard InChI is InChI=1S/C14H13NO2/c1-3-17-14-12-6-4-10(9-15)8-11(12)5-7-13(14)16-2/h4-8H,3H2,1-2H3. The van der Waals surface area contributed by atoms with Gasteiger partial charge in [-0.1, -0.05) is 6.07 Å². The van der Waals surface area contributed by atoms with Crippen molar-refractivity contribution in [3.8, 4) is 17.6 Å². The average molecular weight is 227 g/mol. The number of ether oxygens (including phenoxy) is 2. The Labute approximate surface area is 100 Å². The van der Waals surface area contributed by atoms with E-state index in [1.54, 1.807) is 13.2 Å². The molecule has 0 aliphatic heterocycles. The molecule has 0 radical (unpaired) electrons. The highest BCUT2D eigenvalue weighted by molar-refractivity contribution is 5.91.